The van der Waals surface area contributed by atoms with Crippen LogP contribution >= 0.6 is 0 Å². The zero-order valence-electron chi connectivity index (χ0n) is 22.0. The number of amides is 3. The van der Waals surface area contributed by atoms with Gasteiger partial charge in [0, 0.05) is 24.6 Å². The highest BCUT2D eigenvalue weighted by Crippen LogP contribution is 2.24. The monoisotopic (exact) mass is 491 g/mol. The second kappa shape index (κ2) is 12.8. The maximum Gasteiger partial charge on any atom is 0.408 e. The summed E-state index contributed by atoms with van der Waals surface area (Å²) < 4.78 is 5.42. The van der Waals surface area contributed by atoms with E-state index in [0.717, 1.165) is 5.56 Å². The number of hydrogen-bond acceptors (Lipinski definition) is 4. The van der Waals surface area contributed by atoms with E-state index < -0.39 is 29.7 Å². The summed E-state index contributed by atoms with van der Waals surface area (Å²) in [6, 6.07) is 14.4. The molecule has 0 radical (unpaired) electrons. The van der Waals surface area contributed by atoms with E-state index in [1.165, 1.54) is 4.90 Å². The summed E-state index contributed by atoms with van der Waals surface area (Å²) in [5.41, 5.74) is 1.43. The average molecular weight is 492 g/mol. The Morgan fingerprint density at radius 2 is 1.61 bits per heavy atom. The first-order valence-corrected chi connectivity index (χ1v) is 12.2. The van der Waals surface area contributed by atoms with Gasteiger partial charge in [-0.3, -0.25) is 9.59 Å². The van der Waals surface area contributed by atoms with Crippen LogP contribution in [0.1, 0.15) is 64.3 Å². The SMILES string of the molecule is C#Cc1ccc(C(C(=O)NC(C)C)N(CC)C(=O)C(Cc2ccccc2)NC(=O)OC(C)(C)C)cc1. The van der Waals surface area contributed by atoms with E-state index in [2.05, 4.69) is 16.6 Å². The highest BCUT2D eigenvalue weighted by Gasteiger charge is 2.35. The van der Waals surface area contributed by atoms with E-state index in [0.29, 0.717) is 11.1 Å². The van der Waals surface area contributed by atoms with Crippen LogP contribution in [0, 0.1) is 12.3 Å². The molecule has 2 rings (SSSR count). The van der Waals surface area contributed by atoms with Gasteiger partial charge in [-0.1, -0.05) is 48.4 Å². The second-order valence-corrected chi connectivity index (χ2v) is 9.84. The fourth-order valence-electron chi connectivity index (χ4n) is 3.76. The molecule has 0 bridgehead atoms. The molecule has 0 heterocycles. The van der Waals surface area contributed by atoms with Gasteiger partial charge in [-0.2, -0.15) is 0 Å². The first-order valence-electron chi connectivity index (χ1n) is 12.2. The molecule has 3 amide bonds. The lowest BCUT2D eigenvalue weighted by Crippen LogP contribution is -2.54. The number of carbonyl (C=O) groups excluding carboxylic acids is 3. The quantitative estimate of drug-likeness (QED) is 0.514. The molecular weight excluding hydrogens is 454 g/mol. The number of terminal acetylenes is 1. The minimum Gasteiger partial charge on any atom is -0.444 e. The third kappa shape index (κ3) is 8.46. The Morgan fingerprint density at radius 1 is 1.00 bits per heavy atom. The molecule has 2 aromatic rings. The summed E-state index contributed by atoms with van der Waals surface area (Å²) in [5.74, 6) is 1.86. The normalized spacial score (nSPS) is 12.7. The summed E-state index contributed by atoms with van der Waals surface area (Å²) in [7, 11) is 0. The molecule has 192 valence electrons. The molecule has 0 aliphatic rings. The molecule has 0 fully saturated rings. The van der Waals surface area contributed by atoms with E-state index in [1.807, 2.05) is 44.2 Å². The van der Waals surface area contributed by atoms with Crippen molar-refractivity contribution in [2.24, 2.45) is 0 Å². The van der Waals surface area contributed by atoms with Crippen molar-refractivity contribution < 1.29 is 19.1 Å². The van der Waals surface area contributed by atoms with Gasteiger partial charge >= 0.3 is 6.09 Å². The third-order valence-corrected chi connectivity index (χ3v) is 5.28. The third-order valence-electron chi connectivity index (χ3n) is 5.28. The number of hydrogen-bond donors (Lipinski definition) is 2. The fraction of sp³-hybridized carbons (Fsp3) is 0.414. The predicted octanol–water partition coefficient (Wildman–Crippen LogP) is 4.22. The van der Waals surface area contributed by atoms with Gasteiger partial charge in [0.05, 0.1) is 0 Å². The lowest BCUT2D eigenvalue weighted by molar-refractivity contribution is -0.142. The first kappa shape index (κ1) is 28.4. The van der Waals surface area contributed by atoms with Crippen LogP contribution in [-0.2, 0) is 20.7 Å². The van der Waals surface area contributed by atoms with E-state index in [9.17, 15) is 14.4 Å². The summed E-state index contributed by atoms with van der Waals surface area (Å²) in [4.78, 5) is 41.4. The first-order chi connectivity index (χ1) is 16.9. The average Bonchev–Trinajstić information content (AvgIpc) is 2.80. The largest absolute Gasteiger partial charge is 0.444 e. The maximum absolute atomic E-state index is 14.0. The Kier molecular flexibility index (Phi) is 10.1. The van der Waals surface area contributed by atoms with Gasteiger partial charge < -0.3 is 20.3 Å². The van der Waals surface area contributed by atoms with Gasteiger partial charge in [-0.15, -0.1) is 6.42 Å². The smallest absolute Gasteiger partial charge is 0.408 e. The van der Waals surface area contributed by atoms with Crippen LogP contribution in [0.25, 0.3) is 0 Å². The molecule has 2 atom stereocenters. The number of alkyl carbamates (subject to hydrolysis) is 1. The van der Waals surface area contributed by atoms with Crippen LogP contribution in [-0.4, -0.2) is 47.0 Å². The Labute approximate surface area is 214 Å². The van der Waals surface area contributed by atoms with Crippen molar-refractivity contribution in [1.82, 2.24) is 15.5 Å². The maximum atomic E-state index is 14.0. The Hall–Kier alpha value is -3.79. The predicted molar refractivity (Wildman–Crippen MR) is 141 cm³/mol. The van der Waals surface area contributed by atoms with Crippen molar-refractivity contribution >= 4 is 17.9 Å². The highest BCUT2D eigenvalue weighted by atomic mass is 16.6. The molecular formula is C29H37N3O4. The fourth-order valence-corrected chi connectivity index (χ4v) is 3.76. The van der Waals surface area contributed by atoms with Crippen molar-refractivity contribution in [3.8, 4) is 12.3 Å². The van der Waals surface area contributed by atoms with Crippen LogP contribution in [0.2, 0.25) is 0 Å². The minimum atomic E-state index is -0.943. The lowest BCUT2D eigenvalue weighted by Gasteiger charge is -2.34. The molecule has 0 saturated heterocycles. The summed E-state index contributed by atoms with van der Waals surface area (Å²) in [5, 5.41) is 5.65. The van der Waals surface area contributed by atoms with Crippen LogP contribution in [0.5, 0.6) is 0 Å². The van der Waals surface area contributed by atoms with E-state index in [1.54, 1.807) is 52.0 Å². The van der Waals surface area contributed by atoms with E-state index in [4.69, 9.17) is 11.2 Å². The Bertz CT molecular complexity index is 1070. The summed E-state index contributed by atoms with van der Waals surface area (Å²) >= 11 is 0. The van der Waals surface area contributed by atoms with Crippen LogP contribution < -0.4 is 10.6 Å². The van der Waals surface area contributed by atoms with Crippen molar-refractivity contribution in [3.63, 3.8) is 0 Å². The van der Waals surface area contributed by atoms with Gasteiger partial charge in [-0.25, -0.2) is 4.79 Å². The second-order valence-electron chi connectivity index (χ2n) is 9.84. The van der Waals surface area contributed by atoms with Gasteiger partial charge in [0.25, 0.3) is 0 Å². The number of carbonyl (C=O) groups is 3. The Balaban J connectivity index is 2.46. The molecule has 0 aromatic heterocycles. The van der Waals surface area contributed by atoms with Crippen molar-refractivity contribution in [3.05, 3.63) is 71.3 Å². The van der Waals surface area contributed by atoms with Gasteiger partial charge in [0.2, 0.25) is 11.8 Å². The lowest BCUT2D eigenvalue weighted by atomic mass is 9.99. The zero-order chi connectivity index (χ0) is 26.9. The van der Waals surface area contributed by atoms with E-state index >= 15 is 0 Å². The standard InChI is InChI=1S/C29H37N3O4/c1-8-21-15-17-23(18-16-21)25(26(33)30-20(3)4)32(9-2)27(34)24(19-22-13-11-10-12-14-22)31-28(35)36-29(5,6)7/h1,10-18,20,24-25H,9,19H2,2-7H3,(H,30,33)(H,31,35). The van der Waals surface area contributed by atoms with Crippen LogP contribution in [0.15, 0.2) is 54.6 Å². The number of ether oxygens (including phenoxy) is 1. The number of likely N-dealkylation sites (N-methyl/N-ethyl adjacent to an activating group) is 1. The van der Waals surface area contributed by atoms with Gasteiger partial charge in [0.1, 0.15) is 17.7 Å². The van der Waals surface area contributed by atoms with Gasteiger partial charge in [-0.05, 0) is 64.8 Å². The minimum absolute atomic E-state index is 0.126. The molecule has 0 spiro atoms. The summed E-state index contributed by atoms with van der Waals surface area (Å²) in [6.45, 7) is 11.0. The summed E-state index contributed by atoms with van der Waals surface area (Å²) in [6.07, 6.45) is 5.03. The molecule has 0 aliphatic heterocycles. The number of rotatable bonds is 9. The molecule has 0 saturated carbocycles. The molecule has 36 heavy (non-hydrogen) atoms. The van der Waals surface area contributed by atoms with Gasteiger partial charge in [0.15, 0.2) is 0 Å². The molecule has 2 aromatic carbocycles. The van der Waals surface area contributed by atoms with E-state index in [-0.39, 0.29) is 24.9 Å². The van der Waals surface area contributed by atoms with Crippen molar-refractivity contribution in [2.45, 2.75) is 71.7 Å². The highest BCUT2D eigenvalue weighted by molar-refractivity contribution is 5.92. The number of nitrogens with zero attached hydrogens (tertiary/aromatic N) is 1. The molecule has 7 nitrogen and oxygen atoms in total. The van der Waals surface area contributed by atoms with Crippen molar-refractivity contribution in [2.75, 3.05) is 6.54 Å². The molecule has 2 unspecified atom stereocenters. The molecule has 7 heteroatoms. The van der Waals surface area contributed by atoms with Crippen molar-refractivity contribution in [1.29, 1.82) is 0 Å². The van der Waals surface area contributed by atoms with Crippen LogP contribution in [0.4, 0.5) is 4.79 Å². The number of nitrogens with one attached hydrogen (secondary N) is 2. The zero-order valence-corrected chi connectivity index (χ0v) is 22.0. The van der Waals surface area contributed by atoms with Crippen LogP contribution in [0.3, 0.4) is 0 Å². The topological polar surface area (TPSA) is 87.7 Å². The molecule has 2 N–H and O–H groups in total. The molecule has 0 aliphatic carbocycles. The number of benzene rings is 2. The Morgan fingerprint density at radius 3 is 2.11 bits per heavy atom.